The SMILES string of the molecule is C=C(C)C.CC.CCC(C)(C)C. The highest BCUT2D eigenvalue weighted by molar-refractivity contribution is 4.78. The minimum atomic E-state index is 0.542. The Balaban J connectivity index is -0.000000118. The zero-order chi connectivity index (χ0) is 10.8. The van der Waals surface area contributed by atoms with E-state index in [0.717, 1.165) is 0 Å². The van der Waals surface area contributed by atoms with Gasteiger partial charge in [0, 0.05) is 0 Å². The molecule has 0 rings (SSSR count). The summed E-state index contributed by atoms with van der Waals surface area (Å²) in [7, 11) is 0. The molecule has 0 heterocycles. The zero-order valence-corrected chi connectivity index (χ0v) is 10.4. The van der Waals surface area contributed by atoms with Gasteiger partial charge in [0.05, 0.1) is 0 Å². The molecule has 0 aromatic carbocycles. The van der Waals surface area contributed by atoms with Gasteiger partial charge in [-0.15, -0.1) is 6.58 Å². The molecule has 0 fully saturated rings. The molecule has 0 aliphatic heterocycles. The quantitative estimate of drug-likeness (QED) is 0.448. The topological polar surface area (TPSA) is 0 Å². The van der Waals surface area contributed by atoms with Crippen LogP contribution in [0.1, 0.15) is 61.8 Å². The van der Waals surface area contributed by atoms with Gasteiger partial charge in [-0.25, -0.2) is 0 Å². The summed E-state index contributed by atoms with van der Waals surface area (Å²) in [5, 5.41) is 0. The van der Waals surface area contributed by atoms with Crippen LogP contribution >= 0.6 is 0 Å². The first kappa shape index (κ1) is 17.7. The fourth-order valence-electron chi connectivity index (χ4n) is 0. The van der Waals surface area contributed by atoms with Crippen molar-refractivity contribution in [3.63, 3.8) is 0 Å². The molecule has 0 heteroatoms. The van der Waals surface area contributed by atoms with Crippen LogP contribution in [0.25, 0.3) is 0 Å². The predicted molar refractivity (Wildman–Crippen MR) is 61.6 cm³/mol. The molecule has 0 aliphatic carbocycles. The highest BCUT2D eigenvalue weighted by Crippen LogP contribution is 2.16. The third-order valence-electron chi connectivity index (χ3n) is 1.06. The summed E-state index contributed by atoms with van der Waals surface area (Å²) in [4.78, 5) is 0. The van der Waals surface area contributed by atoms with Crippen LogP contribution < -0.4 is 0 Å². The van der Waals surface area contributed by atoms with Crippen molar-refractivity contribution in [3.8, 4) is 0 Å². The van der Waals surface area contributed by atoms with Crippen molar-refractivity contribution < 1.29 is 0 Å². The van der Waals surface area contributed by atoms with Gasteiger partial charge in [-0.1, -0.05) is 53.5 Å². The molecule has 0 bridgehead atoms. The second-order valence-electron chi connectivity index (χ2n) is 4.12. The van der Waals surface area contributed by atoms with E-state index < -0.39 is 0 Å². The van der Waals surface area contributed by atoms with Crippen molar-refractivity contribution in [3.05, 3.63) is 12.2 Å². The lowest BCUT2D eigenvalue weighted by atomic mass is 9.94. The molecule has 0 aromatic rings. The Morgan fingerprint density at radius 2 is 1.17 bits per heavy atom. The molecule has 0 saturated carbocycles. The molecule has 0 spiro atoms. The van der Waals surface area contributed by atoms with E-state index in [9.17, 15) is 0 Å². The van der Waals surface area contributed by atoms with Crippen LogP contribution in [0.3, 0.4) is 0 Å². The molecule has 0 aromatic heterocycles. The zero-order valence-electron chi connectivity index (χ0n) is 10.4. The van der Waals surface area contributed by atoms with Crippen LogP contribution in [0.2, 0.25) is 0 Å². The average Bonchev–Trinajstić information content (AvgIpc) is 1.90. The van der Waals surface area contributed by atoms with Crippen LogP contribution in [-0.2, 0) is 0 Å². The summed E-state index contributed by atoms with van der Waals surface area (Å²) in [6, 6.07) is 0. The van der Waals surface area contributed by atoms with Crippen LogP contribution in [0.15, 0.2) is 12.2 Å². The lowest BCUT2D eigenvalue weighted by Crippen LogP contribution is -2.00. The molecule has 0 unspecified atom stereocenters. The Morgan fingerprint density at radius 3 is 1.17 bits per heavy atom. The van der Waals surface area contributed by atoms with E-state index in [-0.39, 0.29) is 0 Å². The smallest absolute Gasteiger partial charge is 0.0385 e. The maximum atomic E-state index is 3.56. The molecule has 0 radical (unpaired) electrons. The molecule has 0 atom stereocenters. The Kier molecular flexibility index (Phi) is 15.9. The Labute approximate surface area is 80.1 Å². The van der Waals surface area contributed by atoms with Gasteiger partial charge in [0.25, 0.3) is 0 Å². The van der Waals surface area contributed by atoms with Crippen LogP contribution in [0.5, 0.6) is 0 Å². The largest absolute Gasteiger partial charge is 0.100 e. The first-order chi connectivity index (χ1) is 5.29. The van der Waals surface area contributed by atoms with Gasteiger partial charge in [-0.05, 0) is 19.3 Å². The fourth-order valence-corrected chi connectivity index (χ4v) is 0. The maximum Gasteiger partial charge on any atom is -0.0385 e. The van der Waals surface area contributed by atoms with Crippen LogP contribution in [0, 0.1) is 5.41 Å². The standard InChI is InChI=1S/C6H14.C4H8.C2H6/c1-5-6(2,3)4;1-4(2)3;1-2/h5H2,1-4H3;1H2,2-3H3;1-2H3. The number of hydrogen-bond acceptors (Lipinski definition) is 0. The van der Waals surface area contributed by atoms with E-state index in [1.165, 1.54) is 12.0 Å². The molecule has 0 amide bonds. The molecule has 0 saturated heterocycles. The van der Waals surface area contributed by atoms with Gasteiger partial charge < -0.3 is 0 Å². The predicted octanol–water partition coefficient (Wildman–Crippen LogP) is 5.05. The number of rotatable bonds is 0. The van der Waals surface area contributed by atoms with Gasteiger partial charge in [0.1, 0.15) is 0 Å². The van der Waals surface area contributed by atoms with E-state index in [2.05, 4.69) is 34.3 Å². The maximum absolute atomic E-state index is 3.56. The lowest BCUT2D eigenvalue weighted by Gasteiger charge is -2.12. The number of hydrogen-bond donors (Lipinski definition) is 0. The van der Waals surface area contributed by atoms with Gasteiger partial charge in [-0.3, -0.25) is 0 Å². The first-order valence-corrected chi connectivity index (χ1v) is 4.91. The van der Waals surface area contributed by atoms with Crippen molar-refractivity contribution in [1.29, 1.82) is 0 Å². The third-order valence-corrected chi connectivity index (χ3v) is 1.06. The average molecular weight is 172 g/mol. The van der Waals surface area contributed by atoms with E-state index in [0.29, 0.717) is 5.41 Å². The molecular weight excluding hydrogens is 144 g/mol. The fraction of sp³-hybridized carbons (Fsp3) is 0.833. The molecule has 76 valence electrons. The Hall–Kier alpha value is -0.260. The highest BCUT2D eigenvalue weighted by Gasteiger charge is 2.03. The third kappa shape index (κ3) is 99.1. The van der Waals surface area contributed by atoms with Crippen LogP contribution in [0.4, 0.5) is 0 Å². The summed E-state index contributed by atoms with van der Waals surface area (Å²) in [5.74, 6) is 0. The normalized spacial score (nSPS) is 8.67. The van der Waals surface area contributed by atoms with Gasteiger partial charge >= 0.3 is 0 Å². The van der Waals surface area contributed by atoms with Crippen molar-refractivity contribution >= 4 is 0 Å². The molecule has 0 aliphatic rings. The molecule has 0 nitrogen and oxygen atoms in total. The first-order valence-electron chi connectivity index (χ1n) is 4.91. The summed E-state index contributed by atoms with van der Waals surface area (Å²) in [5.41, 5.74) is 1.71. The van der Waals surface area contributed by atoms with Crippen molar-refractivity contribution in [2.75, 3.05) is 0 Å². The van der Waals surface area contributed by atoms with E-state index >= 15 is 0 Å². The summed E-state index contributed by atoms with van der Waals surface area (Å²) in [6.45, 7) is 20.4. The number of allylic oxidation sites excluding steroid dienone is 1. The minimum Gasteiger partial charge on any atom is -0.100 e. The Morgan fingerprint density at radius 1 is 1.08 bits per heavy atom. The van der Waals surface area contributed by atoms with Crippen molar-refractivity contribution in [1.82, 2.24) is 0 Å². The highest BCUT2D eigenvalue weighted by atomic mass is 14.1. The second-order valence-corrected chi connectivity index (χ2v) is 4.12. The second kappa shape index (κ2) is 10.7. The van der Waals surface area contributed by atoms with Gasteiger partial charge in [0.2, 0.25) is 0 Å². The summed E-state index contributed by atoms with van der Waals surface area (Å²) in [6.07, 6.45) is 1.27. The van der Waals surface area contributed by atoms with Crippen molar-refractivity contribution in [2.45, 2.75) is 61.8 Å². The Bertz CT molecular complexity index is 78.7. The van der Waals surface area contributed by atoms with E-state index in [1.807, 2.05) is 27.7 Å². The molecule has 0 N–H and O–H groups in total. The van der Waals surface area contributed by atoms with E-state index in [4.69, 9.17) is 0 Å². The molecule has 12 heavy (non-hydrogen) atoms. The molecular formula is C12H28. The van der Waals surface area contributed by atoms with Crippen LogP contribution in [-0.4, -0.2) is 0 Å². The summed E-state index contributed by atoms with van der Waals surface area (Å²) < 4.78 is 0. The van der Waals surface area contributed by atoms with Gasteiger partial charge in [-0.2, -0.15) is 0 Å². The van der Waals surface area contributed by atoms with Gasteiger partial charge in [0.15, 0.2) is 0 Å². The monoisotopic (exact) mass is 172 g/mol. The summed E-state index contributed by atoms with van der Waals surface area (Å²) >= 11 is 0. The van der Waals surface area contributed by atoms with E-state index in [1.54, 1.807) is 0 Å². The minimum absolute atomic E-state index is 0.542. The van der Waals surface area contributed by atoms with Crippen molar-refractivity contribution in [2.24, 2.45) is 5.41 Å². The lowest BCUT2D eigenvalue weighted by molar-refractivity contribution is 0.398.